The third-order valence-electron chi connectivity index (χ3n) is 1.48. The molecule has 0 aromatic rings. The summed E-state index contributed by atoms with van der Waals surface area (Å²) in [5.41, 5.74) is 0. The molecule has 0 amide bonds. The van der Waals surface area contributed by atoms with Gasteiger partial charge in [-0.1, -0.05) is 24.4 Å². The van der Waals surface area contributed by atoms with Crippen LogP contribution in [-0.2, 0) is 61.3 Å². The molecule has 0 unspecified atom stereocenters. The van der Waals surface area contributed by atoms with Crippen molar-refractivity contribution < 1.29 is 220 Å². The van der Waals surface area contributed by atoms with Crippen molar-refractivity contribution in [3.63, 3.8) is 0 Å². The minimum atomic E-state index is -2.80. The molecule has 0 aromatic carbocycles. The van der Waals surface area contributed by atoms with Crippen molar-refractivity contribution in [2.75, 3.05) is 0 Å². The summed E-state index contributed by atoms with van der Waals surface area (Å²) >= 11 is 2.12. The molecule has 0 bridgehead atoms. The van der Waals surface area contributed by atoms with E-state index >= 15 is 0 Å². The zero-order valence-corrected chi connectivity index (χ0v) is 25.7. The van der Waals surface area contributed by atoms with Crippen molar-refractivity contribution >= 4 is 23.9 Å². The summed E-state index contributed by atoms with van der Waals surface area (Å²) in [6.45, 7) is 0. The van der Waals surface area contributed by atoms with Crippen molar-refractivity contribution in [2.24, 2.45) is 0 Å². The quantitative estimate of drug-likeness (QED) is 0.295. The van der Waals surface area contributed by atoms with Gasteiger partial charge in [-0.3, -0.25) is 0 Å². The number of carboxylic acid groups (broad SMARTS) is 4. The first-order valence-corrected chi connectivity index (χ1v) is 5.90. The molecule has 134 valence electrons. The van der Waals surface area contributed by atoms with Crippen LogP contribution in [0.25, 0.3) is 0 Å². The monoisotopic (exact) mass is 518 g/mol. The molecule has 4 atom stereocenters. The number of hydrogen-bond donors (Lipinski definition) is 0. The van der Waals surface area contributed by atoms with E-state index in [1.54, 1.807) is 0 Å². The van der Waals surface area contributed by atoms with Crippen LogP contribution in [0.1, 0.15) is 0 Å². The van der Waals surface area contributed by atoms with E-state index in [2.05, 4.69) is 0 Å². The van der Waals surface area contributed by atoms with E-state index in [-0.39, 0.29) is 118 Å². The molecule has 0 fully saturated rings. The predicted octanol–water partition coefficient (Wildman–Crippen LogP) is -24.3. The normalized spacial score (nSPS) is 11.7. The van der Waals surface area contributed by atoms with Gasteiger partial charge in [0.15, 0.2) is 0 Å². The van der Waals surface area contributed by atoms with E-state index in [9.17, 15) is 60.0 Å². The second-order valence-corrected chi connectivity index (χ2v) is 2.96. The van der Waals surface area contributed by atoms with Crippen LogP contribution in [0.2, 0.25) is 0 Å². The third kappa shape index (κ3) is 30.7. The van der Waals surface area contributed by atoms with E-state index in [0.717, 1.165) is 34.7 Å². The number of rotatable bonds is 6. The van der Waals surface area contributed by atoms with Crippen LogP contribution in [0, 0.1) is 0 Å². The number of hydrogen-bond acceptors (Lipinski definition) is 14. The van der Waals surface area contributed by atoms with Gasteiger partial charge in [-0.25, -0.2) is 0 Å². The van der Waals surface area contributed by atoms with Gasteiger partial charge in [-0.2, -0.15) is 0 Å². The molecule has 0 spiro atoms. The Morgan fingerprint density at radius 2 is 0.500 bits per heavy atom. The van der Waals surface area contributed by atoms with Crippen molar-refractivity contribution in [1.29, 1.82) is 0 Å². The van der Waals surface area contributed by atoms with Crippen molar-refractivity contribution in [3.05, 3.63) is 0 Å². The Bertz CT molecular complexity index is 356. The first kappa shape index (κ1) is 52.4. The van der Waals surface area contributed by atoms with Gasteiger partial charge in [0.2, 0.25) is 0 Å². The topological polar surface area (TPSA) is 287 Å². The molecule has 0 heterocycles. The zero-order valence-electron chi connectivity index (χ0n) is 14.9. The second-order valence-electron chi connectivity index (χ2n) is 2.96. The fraction of sp³-hybridized carbons (Fsp3) is 0.500. The maximum absolute atomic E-state index is 9.97. The van der Waals surface area contributed by atoms with E-state index < -0.39 is 48.3 Å². The van der Waals surface area contributed by atoms with Gasteiger partial charge in [0.25, 0.3) is 0 Å². The Morgan fingerprint density at radius 1 is 0.429 bits per heavy atom. The predicted molar refractivity (Wildman–Crippen MR) is 36.6 cm³/mol. The molecular formula is C8H4Na4O14V2. The van der Waals surface area contributed by atoms with Gasteiger partial charge in [0.1, 0.15) is 0 Å². The Morgan fingerprint density at radius 3 is 0.536 bits per heavy atom. The zero-order chi connectivity index (χ0) is 20.6. The third-order valence-corrected chi connectivity index (χ3v) is 1.48. The Balaban J connectivity index is -0.0000000359. The molecule has 0 aliphatic carbocycles. The summed E-state index contributed by atoms with van der Waals surface area (Å²) < 4.78 is 16.4. The van der Waals surface area contributed by atoms with Crippen LogP contribution in [0.15, 0.2) is 0 Å². The van der Waals surface area contributed by atoms with Crippen LogP contribution in [0.4, 0.5) is 0 Å². The summed E-state index contributed by atoms with van der Waals surface area (Å²) in [4.78, 5) is 38.1. The van der Waals surface area contributed by atoms with Gasteiger partial charge in [-0.15, -0.1) is 0 Å². The standard InChI is InChI=1S/2C4H4O6.4Na.2O.2V/c2*5-1(3(7)8)2(6)4(9)10;;;;;;;;/h2*1-2H,(H,7,8)(H,9,10);;;;;;;;/q2*-2;4*+1;;;2*+2/p-4/t2*1-,2-;;;;;;;;/m11......../s1. The number of carbonyl (C=O) groups excluding carboxylic acids is 4. The average molecular weight is 518 g/mol. The van der Waals surface area contributed by atoms with Crippen LogP contribution >= 0.6 is 0 Å². The summed E-state index contributed by atoms with van der Waals surface area (Å²) in [7, 11) is 0. The maximum atomic E-state index is 9.97. The molecule has 0 aromatic heterocycles. The van der Waals surface area contributed by atoms with Crippen LogP contribution < -0.4 is 159 Å². The fourth-order valence-electron chi connectivity index (χ4n) is 0.494. The summed E-state index contributed by atoms with van der Waals surface area (Å²) in [6.07, 6.45) is -11.2. The molecular weight excluding hydrogens is 514 g/mol. The molecule has 0 radical (unpaired) electrons. The molecule has 0 saturated carbocycles. The van der Waals surface area contributed by atoms with Gasteiger partial charge >= 0.3 is 160 Å². The molecule has 14 nitrogen and oxygen atoms in total. The Labute approximate surface area is 264 Å². The number of aliphatic carboxylic acids is 4. The number of carbonyl (C=O) groups is 4. The van der Waals surface area contributed by atoms with Crippen molar-refractivity contribution in [2.45, 2.75) is 24.4 Å². The Hall–Kier alpha value is 2.49. The number of carboxylic acids is 4. The molecule has 20 heteroatoms. The fourth-order valence-corrected chi connectivity index (χ4v) is 0.494. The summed E-state index contributed by atoms with van der Waals surface area (Å²) in [5.74, 6) is -8.93. The Kier molecular flexibility index (Phi) is 63.9. The minimum absolute atomic E-state index is 0. The SMILES string of the molecule is O=C([O-])[C@H]([O-])[C@@H]([O-])C(=O)[O-].O=C([O-])[C@H]([O-])[C@@H]([O-])C(=O)[O-].[Na+].[Na+].[Na+].[Na+].[O]=[V+2].[O]=[V+2]. The van der Waals surface area contributed by atoms with Gasteiger partial charge in [0, 0.05) is 23.9 Å². The molecule has 0 aliphatic rings. The van der Waals surface area contributed by atoms with Crippen LogP contribution in [0.5, 0.6) is 0 Å². The summed E-state index contributed by atoms with van der Waals surface area (Å²) in [5, 5.41) is 78.0. The van der Waals surface area contributed by atoms with E-state index in [4.69, 9.17) is 7.35 Å². The van der Waals surface area contributed by atoms with Crippen LogP contribution in [0.3, 0.4) is 0 Å². The molecule has 0 N–H and O–H groups in total. The van der Waals surface area contributed by atoms with Gasteiger partial charge in [0.05, 0.1) is 0 Å². The first-order valence-electron chi connectivity index (χ1n) is 4.76. The van der Waals surface area contributed by atoms with E-state index in [1.165, 1.54) is 0 Å². The second kappa shape index (κ2) is 34.1. The molecule has 0 saturated heterocycles. The van der Waals surface area contributed by atoms with Gasteiger partial charge < -0.3 is 60.0 Å². The van der Waals surface area contributed by atoms with Crippen molar-refractivity contribution in [1.82, 2.24) is 0 Å². The van der Waals surface area contributed by atoms with Gasteiger partial charge in [-0.05, 0) is 0 Å². The van der Waals surface area contributed by atoms with Crippen LogP contribution in [-0.4, -0.2) is 48.3 Å². The average Bonchev–Trinajstić information content (AvgIpc) is 2.55. The first-order chi connectivity index (χ1) is 10.9. The molecule has 28 heavy (non-hydrogen) atoms. The van der Waals surface area contributed by atoms with E-state index in [0.29, 0.717) is 0 Å². The van der Waals surface area contributed by atoms with E-state index in [1.807, 2.05) is 0 Å². The summed E-state index contributed by atoms with van der Waals surface area (Å²) in [6, 6.07) is 0. The molecule has 0 aliphatic heterocycles. The van der Waals surface area contributed by atoms with Crippen molar-refractivity contribution in [3.8, 4) is 0 Å². The molecule has 0 rings (SSSR count).